The zero-order chi connectivity index (χ0) is 8.39. The normalized spacial score (nSPS) is 13.0. The van der Waals surface area contributed by atoms with E-state index in [0.717, 1.165) is 5.56 Å². The molecule has 0 bridgehead atoms. The Kier molecular flexibility index (Phi) is 1.70. The first-order valence-electron chi connectivity index (χ1n) is 3.64. The molecule has 12 heavy (non-hydrogen) atoms. The quantitative estimate of drug-likeness (QED) is 0.654. The number of benzene rings is 1. The van der Waals surface area contributed by atoms with Crippen molar-refractivity contribution in [3.63, 3.8) is 0 Å². The predicted octanol–water partition coefficient (Wildman–Crippen LogP) is 1.07. The van der Waals surface area contributed by atoms with Crippen LogP contribution in [0.1, 0.15) is 5.56 Å². The molecule has 0 saturated carbocycles. The van der Waals surface area contributed by atoms with Gasteiger partial charge in [0.1, 0.15) is 0 Å². The van der Waals surface area contributed by atoms with Crippen LogP contribution in [0.5, 0.6) is 11.5 Å². The summed E-state index contributed by atoms with van der Waals surface area (Å²) >= 11 is 0. The molecule has 3 nitrogen and oxygen atoms in total. The highest BCUT2D eigenvalue weighted by molar-refractivity contribution is 5.61. The summed E-state index contributed by atoms with van der Waals surface area (Å²) < 4.78 is 10.3. The second-order valence-corrected chi connectivity index (χ2v) is 2.47. The summed E-state index contributed by atoms with van der Waals surface area (Å²) in [6.07, 6.45) is 2.08. The van der Waals surface area contributed by atoms with Crippen molar-refractivity contribution in [1.82, 2.24) is 0 Å². The minimum atomic E-state index is 0.241. The van der Waals surface area contributed by atoms with E-state index in [1.807, 2.05) is 24.5 Å². The Morgan fingerprint density at radius 2 is 2.33 bits per heavy atom. The van der Waals surface area contributed by atoms with Gasteiger partial charge in [-0.3, -0.25) is 4.79 Å². The van der Waals surface area contributed by atoms with Crippen LogP contribution in [0.2, 0.25) is 0 Å². The summed E-state index contributed by atoms with van der Waals surface area (Å²) in [6, 6.07) is 5.48. The summed E-state index contributed by atoms with van der Waals surface area (Å²) in [4.78, 5) is 10.2. The highest BCUT2D eigenvalue weighted by Gasteiger charge is 2.16. The lowest BCUT2D eigenvalue weighted by Gasteiger charge is -1.99. The summed E-state index contributed by atoms with van der Waals surface area (Å²) in [5, 5.41) is 0. The van der Waals surface area contributed by atoms with Gasteiger partial charge in [-0.25, -0.2) is 0 Å². The van der Waals surface area contributed by atoms with Crippen molar-refractivity contribution < 1.29 is 14.3 Å². The monoisotopic (exact) mass is 163 g/mol. The van der Waals surface area contributed by atoms with Gasteiger partial charge in [-0.15, -0.1) is 0 Å². The molecule has 1 heterocycles. The van der Waals surface area contributed by atoms with Crippen LogP contribution in [0, 0.1) is 0 Å². The average Bonchev–Trinajstić information content (AvgIpc) is 2.53. The Labute approximate surface area is 69.9 Å². The smallest absolute Gasteiger partial charge is 0.231 e. The van der Waals surface area contributed by atoms with E-state index in [1.54, 1.807) is 0 Å². The molecule has 3 heteroatoms. The van der Waals surface area contributed by atoms with Crippen molar-refractivity contribution >= 4 is 6.29 Å². The number of para-hydroxylation sites is 1. The van der Waals surface area contributed by atoms with Gasteiger partial charge in [0.2, 0.25) is 13.1 Å². The topological polar surface area (TPSA) is 35.5 Å². The lowest BCUT2D eigenvalue weighted by molar-refractivity contribution is 0.173. The van der Waals surface area contributed by atoms with E-state index in [2.05, 4.69) is 0 Å². The second kappa shape index (κ2) is 2.85. The van der Waals surface area contributed by atoms with Crippen LogP contribution < -0.4 is 9.47 Å². The molecule has 1 aromatic rings. The van der Waals surface area contributed by atoms with Gasteiger partial charge in [0, 0.05) is 12.0 Å². The zero-order valence-electron chi connectivity index (χ0n) is 6.37. The lowest BCUT2D eigenvalue weighted by atomic mass is 10.1. The molecule has 0 amide bonds. The lowest BCUT2D eigenvalue weighted by Crippen LogP contribution is -1.94. The highest BCUT2D eigenvalue weighted by atomic mass is 16.7. The van der Waals surface area contributed by atoms with Crippen LogP contribution in [0.4, 0.5) is 0 Å². The third kappa shape index (κ3) is 1.03. The Bertz CT molecular complexity index is 307. The Balaban J connectivity index is 2.42. The third-order valence-corrected chi connectivity index (χ3v) is 1.74. The van der Waals surface area contributed by atoms with Crippen molar-refractivity contribution in [2.24, 2.45) is 0 Å². The van der Waals surface area contributed by atoms with Gasteiger partial charge >= 0.3 is 0 Å². The Hall–Kier alpha value is -1.51. The first-order chi connectivity index (χ1) is 5.92. The molecule has 1 radical (unpaired) electrons. The summed E-state index contributed by atoms with van der Waals surface area (Å²) in [6.45, 7) is 0.241. The number of hydrogen-bond acceptors (Lipinski definition) is 3. The minimum Gasteiger partial charge on any atom is -0.454 e. The minimum absolute atomic E-state index is 0.241. The molecule has 1 aliphatic heterocycles. The maximum absolute atomic E-state index is 10.2. The SMILES string of the molecule is O=[C]Cc1cccc2c1OCO2. The van der Waals surface area contributed by atoms with E-state index in [0.29, 0.717) is 11.5 Å². The van der Waals surface area contributed by atoms with Gasteiger partial charge in [-0.1, -0.05) is 12.1 Å². The summed E-state index contributed by atoms with van der Waals surface area (Å²) in [5.41, 5.74) is 0.833. The van der Waals surface area contributed by atoms with Crippen LogP contribution in [0.3, 0.4) is 0 Å². The molecule has 0 saturated heterocycles. The Morgan fingerprint density at radius 3 is 3.17 bits per heavy atom. The van der Waals surface area contributed by atoms with Crippen LogP contribution in [-0.4, -0.2) is 13.1 Å². The van der Waals surface area contributed by atoms with E-state index in [4.69, 9.17) is 9.47 Å². The maximum Gasteiger partial charge on any atom is 0.231 e. The Morgan fingerprint density at radius 1 is 1.42 bits per heavy atom. The fourth-order valence-corrected chi connectivity index (χ4v) is 1.21. The van der Waals surface area contributed by atoms with Gasteiger partial charge in [0.25, 0.3) is 0 Å². The maximum atomic E-state index is 10.2. The molecule has 0 aromatic heterocycles. The van der Waals surface area contributed by atoms with Crippen LogP contribution in [0.25, 0.3) is 0 Å². The molecule has 1 aromatic carbocycles. The van der Waals surface area contributed by atoms with Crippen molar-refractivity contribution in [3.8, 4) is 11.5 Å². The van der Waals surface area contributed by atoms with Crippen LogP contribution >= 0.6 is 0 Å². The van der Waals surface area contributed by atoms with Gasteiger partial charge in [-0.05, 0) is 6.07 Å². The van der Waals surface area contributed by atoms with Crippen LogP contribution in [-0.2, 0) is 11.2 Å². The van der Waals surface area contributed by atoms with E-state index in [9.17, 15) is 4.79 Å². The van der Waals surface area contributed by atoms with Crippen molar-refractivity contribution in [2.45, 2.75) is 6.42 Å². The molecular weight excluding hydrogens is 156 g/mol. The molecule has 0 spiro atoms. The summed E-state index contributed by atoms with van der Waals surface area (Å²) in [5.74, 6) is 1.39. The molecule has 0 atom stereocenters. The van der Waals surface area contributed by atoms with E-state index in [-0.39, 0.29) is 13.2 Å². The highest BCUT2D eigenvalue weighted by Crippen LogP contribution is 2.35. The fraction of sp³-hybridized carbons (Fsp3) is 0.222. The van der Waals surface area contributed by atoms with E-state index in [1.165, 1.54) is 0 Å². The molecule has 0 N–H and O–H groups in total. The predicted molar refractivity (Wildman–Crippen MR) is 42.0 cm³/mol. The van der Waals surface area contributed by atoms with Gasteiger partial charge in [-0.2, -0.15) is 0 Å². The first-order valence-corrected chi connectivity index (χ1v) is 3.64. The van der Waals surface area contributed by atoms with Gasteiger partial charge in [0.05, 0.1) is 0 Å². The molecule has 2 rings (SSSR count). The molecule has 61 valence electrons. The fourth-order valence-electron chi connectivity index (χ4n) is 1.21. The standard InChI is InChI=1S/C9H7O3/c10-5-4-7-2-1-3-8-9(7)12-6-11-8/h1-3H,4,6H2. The number of carbonyl (C=O) groups excluding carboxylic acids is 1. The third-order valence-electron chi connectivity index (χ3n) is 1.74. The number of hydrogen-bond donors (Lipinski definition) is 0. The average molecular weight is 163 g/mol. The van der Waals surface area contributed by atoms with E-state index >= 15 is 0 Å². The summed E-state index contributed by atoms with van der Waals surface area (Å²) in [7, 11) is 0. The first kappa shape index (κ1) is 7.16. The zero-order valence-corrected chi connectivity index (χ0v) is 6.37. The molecular formula is C9H7O3. The molecule has 0 aliphatic carbocycles. The number of rotatable bonds is 2. The van der Waals surface area contributed by atoms with E-state index < -0.39 is 0 Å². The second-order valence-electron chi connectivity index (χ2n) is 2.47. The van der Waals surface area contributed by atoms with Gasteiger partial charge < -0.3 is 9.47 Å². The van der Waals surface area contributed by atoms with Crippen LogP contribution in [0.15, 0.2) is 18.2 Å². The molecule has 0 fully saturated rings. The number of fused-ring (bicyclic) bond motifs is 1. The number of ether oxygens (including phenoxy) is 2. The molecule has 1 aliphatic rings. The van der Waals surface area contributed by atoms with Crippen molar-refractivity contribution in [2.75, 3.05) is 6.79 Å². The van der Waals surface area contributed by atoms with Crippen molar-refractivity contribution in [3.05, 3.63) is 23.8 Å². The molecule has 0 unspecified atom stereocenters. The van der Waals surface area contributed by atoms with Gasteiger partial charge in [0.15, 0.2) is 11.5 Å². The van der Waals surface area contributed by atoms with Crippen molar-refractivity contribution in [1.29, 1.82) is 0 Å². The largest absolute Gasteiger partial charge is 0.454 e.